The summed E-state index contributed by atoms with van der Waals surface area (Å²) in [5.74, 6) is 0. The summed E-state index contributed by atoms with van der Waals surface area (Å²) in [4.78, 5) is 0. The van der Waals surface area contributed by atoms with Crippen LogP contribution in [0, 0.1) is 0 Å². The molecule has 2 radical (unpaired) electrons. The van der Waals surface area contributed by atoms with Crippen molar-refractivity contribution in [2.45, 2.75) is 20.0 Å². The number of hydrogen-bond acceptors (Lipinski definition) is 2. The van der Waals surface area contributed by atoms with E-state index in [1.54, 1.807) is 0 Å². The molecule has 0 heterocycles. The zero-order chi connectivity index (χ0) is 6.41. The lowest BCUT2D eigenvalue weighted by molar-refractivity contribution is -0.0801. The predicted molar refractivity (Wildman–Crippen MR) is 32.8 cm³/mol. The van der Waals surface area contributed by atoms with E-state index in [9.17, 15) is 0 Å². The van der Waals surface area contributed by atoms with Gasteiger partial charge in [0.05, 0.1) is 0 Å². The molecule has 0 aliphatic carbocycles. The largest absolute Gasteiger partial charge is 0.363 e. The lowest BCUT2D eigenvalue weighted by Gasteiger charge is -2.10. The van der Waals surface area contributed by atoms with Gasteiger partial charge in [-0.3, -0.25) is 0 Å². The van der Waals surface area contributed by atoms with Gasteiger partial charge in [-0.2, -0.15) is 0 Å². The van der Waals surface area contributed by atoms with Gasteiger partial charge in [0.15, 0.2) is 0 Å². The van der Waals surface area contributed by atoms with Gasteiger partial charge in [0.2, 0.25) is 0 Å². The van der Waals surface area contributed by atoms with Crippen LogP contribution < -0.4 is 0 Å². The molecule has 0 saturated carbocycles. The Kier molecular flexibility index (Phi) is 5.12. The molecule has 3 heteroatoms. The molecule has 0 bridgehead atoms. The van der Waals surface area contributed by atoms with Crippen molar-refractivity contribution < 1.29 is 9.47 Å². The second-order valence-corrected chi connectivity index (χ2v) is 1.28. The first-order chi connectivity index (χ1) is 3.81. The standard InChI is InChI=1S/C5H11BO2/c1-3-7-5(6)8-4-2/h5H,3-4H2,1-2H3. The fraction of sp³-hybridized carbons (Fsp3) is 1.00. The van der Waals surface area contributed by atoms with E-state index < -0.39 is 6.19 Å². The van der Waals surface area contributed by atoms with Gasteiger partial charge in [-0.15, -0.1) is 0 Å². The molecular formula is C5H11BO2. The van der Waals surface area contributed by atoms with Crippen LogP contribution in [0.5, 0.6) is 0 Å². The van der Waals surface area contributed by atoms with E-state index in [1.807, 2.05) is 13.8 Å². The molecule has 0 amide bonds. The van der Waals surface area contributed by atoms with E-state index >= 15 is 0 Å². The van der Waals surface area contributed by atoms with Gasteiger partial charge in [0.1, 0.15) is 14.0 Å². The minimum absolute atomic E-state index is 0.537. The third-order valence-electron chi connectivity index (χ3n) is 0.662. The molecule has 46 valence electrons. The van der Waals surface area contributed by atoms with Crippen molar-refractivity contribution in [1.82, 2.24) is 0 Å². The Bertz CT molecular complexity index is 43.7. The summed E-state index contributed by atoms with van der Waals surface area (Å²) in [5, 5.41) is 0. The first-order valence-corrected chi connectivity index (χ1v) is 2.80. The molecule has 0 fully saturated rings. The quantitative estimate of drug-likeness (QED) is 0.391. The van der Waals surface area contributed by atoms with Crippen molar-refractivity contribution >= 4 is 7.85 Å². The minimum atomic E-state index is -0.537. The minimum Gasteiger partial charge on any atom is -0.363 e. The average Bonchev–Trinajstić information content (AvgIpc) is 1.68. The van der Waals surface area contributed by atoms with E-state index in [2.05, 4.69) is 0 Å². The molecule has 0 aliphatic rings. The fourth-order valence-corrected chi connectivity index (χ4v) is 0.377. The van der Waals surface area contributed by atoms with Gasteiger partial charge in [-0.1, -0.05) is 0 Å². The first-order valence-electron chi connectivity index (χ1n) is 2.80. The summed E-state index contributed by atoms with van der Waals surface area (Å²) >= 11 is 0. The van der Waals surface area contributed by atoms with Crippen molar-refractivity contribution in [3.8, 4) is 0 Å². The van der Waals surface area contributed by atoms with Crippen molar-refractivity contribution in [2.24, 2.45) is 0 Å². The van der Waals surface area contributed by atoms with Crippen LogP contribution in [0.3, 0.4) is 0 Å². The van der Waals surface area contributed by atoms with Crippen LogP contribution in [0.15, 0.2) is 0 Å². The van der Waals surface area contributed by atoms with Gasteiger partial charge < -0.3 is 9.47 Å². The van der Waals surface area contributed by atoms with Crippen molar-refractivity contribution in [1.29, 1.82) is 0 Å². The second-order valence-electron chi connectivity index (χ2n) is 1.28. The van der Waals surface area contributed by atoms with E-state index in [4.69, 9.17) is 17.3 Å². The van der Waals surface area contributed by atoms with Crippen LogP contribution in [0.4, 0.5) is 0 Å². The molecule has 0 saturated heterocycles. The highest BCUT2D eigenvalue weighted by molar-refractivity contribution is 6.09. The fourth-order valence-electron chi connectivity index (χ4n) is 0.377. The van der Waals surface area contributed by atoms with Gasteiger partial charge in [0, 0.05) is 13.2 Å². The Balaban J connectivity index is 2.92. The highest BCUT2D eigenvalue weighted by Gasteiger charge is 1.94. The molecule has 0 aromatic rings. The third kappa shape index (κ3) is 4.15. The lowest BCUT2D eigenvalue weighted by Crippen LogP contribution is -2.16. The average molecular weight is 114 g/mol. The second kappa shape index (κ2) is 5.13. The summed E-state index contributed by atoms with van der Waals surface area (Å²) in [6, 6.07) is 0. The number of rotatable bonds is 4. The topological polar surface area (TPSA) is 18.5 Å². The van der Waals surface area contributed by atoms with Crippen LogP contribution in [0.1, 0.15) is 13.8 Å². The van der Waals surface area contributed by atoms with Crippen LogP contribution >= 0.6 is 0 Å². The Hall–Kier alpha value is -0.0151. The molecule has 0 aromatic carbocycles. The Morgan fingerprint density at radius 2 is 1.62 bits per heavy atom. The van der Waals surface area contributed by atoms with Gasteiger partial charge in [0.25, 0.3) is 0 Å². The maximum atomic E-state index is 5.25. The van der Waals surface area contributed by atoms with Crippen molar-refractivity contribution in [3.63, 3.8) is 0 Å². The van der Waals surface area contributed by atoms with Crippen molar-refractivity contribution in [3.05, 3.63) is 0 Å². The summed E-state index contributed by atoms with van der Waals surface area (Å²) < 4.78 is 9.68. The summed E-state index contributed by atoms with van der Waals surface area (Å²) in [6.07, 6.45) is -0.537. The number of hydrogen-bond donors (Lipinski definition) is 0. The monoisotopic (exact) mass is 114 g/mol. The smallest absolute Gasteiger partial charge is 0.149 e. The van der Waals surface area contributed by atoms with E-state index in [-0.39, 0.29) is 0 Å². The molecule has 0 rings (SSSR count). The molecule has 0 N–H and O–H groups in total. The maximum absolute atomic E-state index is 5.25. The van der Waals surface area contributed by atoms with Crippen LogP contribution in [-0.4, -0.2) is 27.2 Å². The molecule has 0 aromatic heterocycles. The normalized spacial score (nSPS) is 10.4. The molecule has 0 spiro atoms. The summed E-state index contributed by atoms with van der Waals surface area (Å²) in [5.41, 5.74) is 0. The highest BCUT2D eigenvalue weighted by Crippen LogP contribution is 1.86. The Morgan fingerprint density at radius 1 is 1.25 bits per heavy atom. The number of ether oxygens (including phenoxy) is 2. The van der Waals surface area contributed by atoms with Gasteiger partial charge in [-0.05, 0) is 13.8 Å². The SMILES string of the molecule is [B]C(OCC)OCC. The van der Waals surface area contributed by atoms with Crippen LogP contribution in [-0.2, 0) is 9.47 Å². The predicted octanol–water partition coefficient (Wildman–Crippen LogP) is 0.511. The van der Waals surface area contributed by atoms with Crippen LogP contribution in [0.25, 0.3) is 0 Å². The van der Waals surface area contributed by atoms with Gasteiger partial charge in [-0.25, -0.2) is 0 Å². The molecular weight excluding hydrogens is 103 g/mol. The van der Waals surface area contributed by atoms with Gasteiger partial charge >= 0.3 is 0 Å². The third-order valence-corrected chi connectivity index (χ3v) is 0.662. The molecule has 2 nitrogen and oxygen atoms in total. The Morgan fingerprint density at radius 3 is 1.88 bits per heavy atom. The maximum Gasteiger partial charge on any atom is 0.149 e. The van der Waals surface area contributed by atoms with E-state index in [1.165, 1.54) is 0 Å². The van der Waals surface area contributed by atoms with E-state index in [0.29, 0.717) is 13.2 Å². The molecule has 0 atom stereocenters. The zero-order valence-electron chi connectivity index (χ0n) is 5.39. The summed E-state index contributed by atoms with van der Waals surface area (Å²) in [7, 11) is 5.25. The van der Waals surface area contributed by atoms with Crippen molar-refractivity contribution in [2.75, 3.05) is 13.2 Å². The summed E-state index contributed by atoms with van der Waals surface area (Å²) in [6.45, 7) is 4.94. The molecule has 0 aliphatic heterocycles. The highest BCUT2D eigenvalue weighted by atomic mass is 16.7. The Labute approximate surface area is 51.6 Å². The zero-order valence-corrected chi connectivity index (χ0v) is 5.39. The molecule has 0 unspecified atom stereocenters. The molecule has 8 heavy (non-hydrogen) atoms. The van der Waals surface area contributed by atoms with Crippen LogP contribution in [0.2, 0.25) is 0 Å². The lowest BCUT2D eigenvalue weighted by atomic mass is 10.1. The first kappa shape index (κ1) is 7.98. The van der Waals surface area contributed by atoms with E-state index in [0.717, 1.165) is 0 Å².